The van der Waals surface area contributed by atoms with E-state index in [0.717, 1.165) is 0 Å². The van der Waals surface area contributed by atoms with E-state index in [2.05, 4.69) is 48.1 Å². The van der Waals surface area contributed by atoms with Crippen LogP contribution in [0.4, 0.5) is 0 Å². The van der Waals surface area contributed by atoms with Gasteiger partial charge < -0.3 is 0 Å². The van der Waals surface area contributed by atoms with Gasteiger partial charge in [-0.05, 0) is 43.4 Å². The van der Waals surface area contributed by atoms with Gasteiger partial charge in [-0.1, -0.05) is 46.6 Å². The molecule has 0 aromatic carbocycles. The number of hydrogen-bond acceptors (Lipinski definition) is 0. The van der Waals surface area contributed by atoms with Gasteiger partial charge in [-0.3, -0.25) is 0 Å². The summed E-state index contributed by atoms with van der Waals surface area (Å²) in [5.74, 6) is 0. The molecular weight excluding hydrogens is 180 g/mol. The molecule has 0 rings (SSSR count). The lowest BCUT2D eigenvalue weighted by atomic mass is 9.71. The van der Waals surface area contributed by atoms with Crippen LogP contribution in [0.1, 0.15) is 73.6 Å². The second-order valence-electron chi connectivity index (χ2n) is 6.71. The van der Waals surface area contributed by atoms with E-state index < -0.39 is 0 Å². The first-order valence-corrected chi connectivity index (χ1v) is 6.33. The molecule has 0 amide bonds. The molecule has 0 radical (unpaired) electrons. The lowest BCUT2D eigenvalue weighted by Gasteiger charge is -2.35. The quantitative estimate of drug-likeness (QED) is 0.481. The van der Waals surface area contributed by atoms with Crippen molar-refractivity contribution in [1.29, 1.82) is 0 Å². The van der Waals surface area contributed by atoms with Gasteiger partial charge in [-0.15, -0.1) is 6.58 Å². The molecule has 0 heterocycles. The van der Waals surface area contributed by atoms with Crippen molar-refractivity contribution in [3.8, 4) is 0 Å². The van der Waals surface area contributed by atoms with Gasteiger partial charge in [0.05, 0.1) is 0 Å². The Bertz CT molecular complexity index is 196. The molecule has 0 fully saturated rings. The highest BCUT2D eigenvalue weighted by Gasteiger charge is 2.27. The number of allylic oxidation sites excluding steroid dienone is 1. The molecule has 0 spiro atoms. The van der Waals surface area contributed by atoms with Crippen LogP contribution in [-0.4, -0.2) is 0 Å². The van der Waals surface area contributed by atoms with Crippen LogP contribution in [0.3, 0.4) is 0 Å². The molecule has 0 aliphatic carbocycles. The van der Waals surface area contributed by atoms with Crippen molar-refractivity contribution in [3.63, 3.8) is 0 Å². The highest BCUT2D eigenvalue weighted by atomic mass is 14.3. The standard InChI is InChI=1S/C15H30/c1-8-10-14(4,5)12-15(6,7)11-9-13(2)3/h2,8-12H2,1,3-7H3. The summed E-state index contributed by atoms with van der Waals surface area (Å²) in [5.41, 5.74) is 2.27. The zero-order valence-corrected chi connectivity index (χ0v) is 11.7. The largest absolute Gasteiger partial charge is 0.100 e. The predicted octanol–water partition coefficient (Wildman–Crippen LogP) is 5.59. The average molecular weight is 210 g/mol. The van der Waals surface area contributed by atoms with E-state index in [9.17, 15) is 0 Å². The summed E-state index contributed by atoms with van der Waals surface area (Å²) in [5, 5.41) is 0. The van der Waals surface area contributed by atoms with E-state index in [1.165, 1.54) is 37.7 Å². The zero-order valence-electron chi connectivity index (χ0n) is 11.7. The monoisotopic (exact) mass is 210 g/mol. The lowest BCUT2D eigenvalue weighted by molar-refractivity contribution is 0.171. The van der Waals surface area contributed by atoms with Crippen molar-refractivity contribution in [2.45, 2.75) is 73.6 Å². The maximum atomic E-state index is 3.99. The summed E-state index contributed by atoms with van der Waals surface area (Å²) >= 11 is 0. The topological polar surface area (TPSA) is 0 Å². The molecule has 0 saturated carbocycles. The Kier molecular flexibility index (Phi) is 5.62. The fraction of sp³-hybridized carbons (Fsp3) is 0.867. The van der Waals surface area contributed by atoms with Crippen molar-refractivity contribution in [2.75, 3.05) is 0 Å². The third-order valence-electron chi connectivity index (χ3n) is 3.11. The minimum Gasteiger partial charge on any atom is -0.100 e. The molecule has 0 N–H and O–H groups in total. The Morgan fingerprint density at radius 1 is 1.00 bits per heavy atom. The molecule has 0 nitrogen and oxygen atoms in total. The van der Waals surface area contributed by atoms with Crippen LogP contribution in [0.5, 0.6) is 0 Å². The average Bonchev–Trinajstić information content (AvgIpc) is 1.98. The number of rotatable bonds is 7. The smallest absolute Gasteiger partial charge is 0.0321 e. The fourth-order valence-electron chi connectivity index (χ4n) is 2.70. The molecule has 0 aromatic rings. The SMILES string of the molecule is C=C(C)CCC(C)(C)CC(C)(C)CCC. The maximum Gasteiger partial charge on any atom is -0.0321 e. The first-order valence-electron chi connectivity index (χ1n) is 6.33. The normalized spacial score (nSPS) is 12.9. The van der Waals surface area contributed by atoms with Crippen LogP contribution in [0.15, 0.2) is 12.2 Å². The van der Waals surface area contributed by atoms with Gasteiger partial charge >= 0.3 is 0 Å². The Labute approximate surface area is 97.2 Å². The van der Waals surface area contributed by atoms with Gasteiger partial charge in [0, 0.05) is 0 Å². The molecule has 0 aliphatic heterocycles. The summed E-state index contributed by atoms with van der Waals surface area (Å²) in [4.78, 5) is 0. The molecule has 0 aromatic heterocycles. The van der Waals surface area contributed by atoms with Crippen LogP contribution < -0.4 is 0 Å². The van der Waals surface area contributed by atoms with Crippen LogP contribution in [0.25, 0.3) is 0 Å². The van der Waals surface area contributed by atoms with E-state index >= 15 is 0 Å². The third-order valence-corrected chi connectivity index (χ3v) is 3.11. The summed E-state index contributed by atoms with van der Waals surface area (Å²) in [6, 6.07) is 0. The molecule has 90 valence electrons. The van der Waals surface area contributed by atoms with Crippen molar-refractivity contribution >= 4 is 0 Å². The minimum atomic E-state index is 0.456. The third kappa shape index (κ3) is 7.64. The summed E-state index contributed by atoms with van der Waals surface area (Å²) in [7, 11) is 0. The molecule has 0 heteroatoms. The zero-order chi connectivity index (χ0) is 12.1. The fourth-order valence-corrected chi connectivity index (χ4v) is 2.70. The van der Waals surface area contributed by atoms with E-state index in [1.807, 2.05) is 0 Å². The minimum absolute atomic E-state index is 0.456. The van der Waals surface area contributed by atoms with Crippen LogP contribution in [0.2, 0.25) is 0 Å². The van der Waals surface area contributed by atoms with E-state index in [4.69, 9.17) is 0 Å². The van der Waals surface area contributed by atoms with Gasteiger partial charge in [-0.25, -0.2) is 0 Å². The molecule has 0 aliphatic rings. The van der Waals surface area contributed by atoms with E-state index in [0.29, 0.717) is 10.8 Å². The summed E-state index contributed by atoms with van der Waals surface area (Å²) in [6.07, 6.45) is 6.40. The first-order chi connectivity index (χ1) is 6.68. The first kappa shape index (κ1) is 14.7. The predicted molar refractivity (Wildman–Crippen MR) is 71.1 cm³/mol. The summed E-state index contributed by atoms with van der Waals surface area (Å²) < 4.78 is 0. The Balaban J connectivity index is 4.16. The van der Waals surface area contributed by atoms with Crippen LogP contribution in [0, 0.1) is 10.8 Å². The molecule has 0 saturated heterocycles. The van der Waals surface area contributed by atoms with E-state index in [1.54, 1.807) is 0 Å². The van der Waals surface area contributed by atoms with Gasteiger partial charge in [0.2, 0.25) is 0 Å². The van der Waals surface area contributed by atoms with Crippen molar-refractivity contribution in [2.24, 2.45) is 10.8 Å². The summed E-state index contributed by atoms with van der Waals surface area (Å²) in [6.45, 7) is 18.0. The van der Waals surface area contributed by atoms with Gasteiger partial charge in [0.15, 0.2) is 0 Å². The molecule has 0 unspecified atom stereocenters. The van der Waals surface area contributed by atoms with E-state index in [-0.39, 0.29) is 0 Å². The highest BCUT2D eigenvalue weighted by Crippen LogP contribution is 2.40. The second kappa shape index (κ2) is 5.72. The van der Waals surface area contributed by atoms with Crippen LogP contribution >= 0.6 is 0 Å². The van der Waals surface area contributed by atoms with Crippen molar-refractivity contribution in [1.82, 2.24) is 0 Å². The van der Waals surface area contributed by atoms with Gasteiger partial charge in [0.1, 0.15) is 0 Å². The van der Waals surface area contributed by atoms with Gasteiger partial charge in [-0.2, -0.15) is 0 Å². The molecule has 0 atom stereocenters. The lowest BCUT2D eigenvalue weighted by Crippen LogP contribution is -2.23. The number of hydrogen-bond donors (Lipinski definition) is 0. The second-order valence-corrected chi connectivity index (χ2v) is 6.71. The van der Waals surface area contributed by atoms with Gasteiger partial charge in [0.25, 0.3) is 0 Å². The van der Waals surface area contributed by atoms with Crippen molar-refractivity contribution in [3.05, 3.63) is 12.2 Å². The maximum absolute atomic E-state index is 3.99. The van der Waals surface area contributed by atoms with Crippen LogP contribution in [-0.2, 0) is 0 Å². The van der Waals surface area contributed by atoms with Crippen molar-refractivity contribution < 1.29 is 0 Å². The molecule has 15 heavy (non-hydrogen) atoms. The molecular formula is C15H30. The Morgan fingerprint density at radius 3 is 1.87 bits per heavy atom. The highest BCUT2D eigenvalue weighted by molar-refractivity contribution is 4.90. The molecule has 0 bridgehead atoms. The Hall–Kier alpha value is -0.260. The Morgan fingerprint density at radius 2 is 1.47 bits per heavy atom.